The van der Waals surface area contributed by atoms with E-state index in [0.717, 1.165) is 5.70 Å². The average Bonchev–Trinajstić information content (AvgIpc) is 2.15. The van der Waals surface area contributed by atoms with Crippen molar-refractivity contribution in [3.05, 3.63) is 35.6 Å². The molecule has 0 aromatic carbocycles. The van der Waals surface area contributed by atoms with E-state index in [0.29, 0.717) is 0 Å². The molecule has 0 spiro atoms. The maximum absolute atomic E-state index is 4.08. The first kappa shape index (κ1) is 3.84. The first-order valence-electron chi connectivity index (χ1n) is 2.60. The molecule has 0 saturated carbocycles. The van der Waals surface area contributed by atoms with Gasteiger partial charge in [0.15, 0.2) is 0 Å². The van der Waals surface area contributed by atoms with Gasteiger partial charge in [0.05, 0.1) is 5.70 Å². The number of hydrogen-bond acceptors (Lipinski definition) is 1. The highest BCUT2D eigenvalue weighted by molar-refractivity contribution is 5.82. The van der Waals surface area contributed by atoms with Crippen LogP contribution in [0.2, 0.25) is 0 Å². The van der Waals surface area contributed by atoms with Crippen LogP contribution in [-0.4, -0.2) is 6.21 Å². The molecule has 8 heavy (non-hydrogen) atoms. The molecule has 1 aliphatic carbocycles. The molecule has 38 valence electrons. The van der Waals surface area contributed by atoms with Gasteiger partial charge in [-0.1, -0.05) is 12.2 Å². The molecule has 0 fully saturated rings. The van der Waals surface area contributed by atoms with E-state index in [-0.39, 0.29) is 0 Å². The molecule has 0 atom stereocenters. The molecule has 2 rings (SSSR count). The zero-order valence-electron chi connectivity index (χ0n) is 4.33. The zero-order valence-corrected chi connectivity index (χ0v) is 4.33. The second-order valence-corrected chi connectivity index (χ2v) is 1.81. The fourth-order valence-electron chi connectivity index (χ4n) is 0.881. The van der Waals surface area contributed by atoms with Gasteiger partial charge in [-0.15, -0.1) is 0 Å². The Morgan fingerprint density at radius 2 is 2.25 bits per heavy atom. The third-order valence-electron chi connectivity index (χ3n) is 1.29. The van der Waals surface area contributed by atoms with Gasteiger partial charge in [0.2, 0.25) is 0 Å². The van der Waals surface area contributed by atoms with E-state index in [1.807, 2.05) is 24.4 Å². The van der Waals surface area contributed by atoms with Crippen LogP contribution in [0.15, 0.2) is 40.6 Å². The third kappa shape index (κ3) is 0.334. The Morgan fingerprint density at radius 1 is 1.25 bits per heavy atom. The van der Waals surface area contributed by atoms with Crippen molar-refractivity contribution in [1.82, 2.24) is 0 Å². The first-order valence-corrected chi connectivity index (χ1v) is 2.60. The summed E-state index contributed by atoms with van der Waals surface area (Å²) in [6.45, 7) is 0. The van der Waals surface area contributed by atoms with Gasteiger partial charge in [-0.2, -0.15) is 0 Å². The van der Waals surface area contributed by atoms with Crippen LogP contribution in [0, 0.1) is 0 Å². The number of nitrogens with zero attached hydrogens (tertiary/aromatic N) is 1. The summed E-state index contributed by atoms with van der Waals surface area (Å²) in [6, 6.07) is 0. The average molecular weight is 103 g/mol. The Balaban J connectivity index is 2.59. The summed E-state index contributed by atoms with van der Waals surface area (Å²) >= 11 is 0. The highest BCUT2D eigenvalue weighted by Gasteiger charge is 2.05. The molecule has 1 heteroatoms. The predicted octanol–water partition coefficient (Wildman–Crippen LogP) is 1.45. The van der Waals surface area contributed by atoms with Gasteiger partial charge in [0.1, 0.15) is 0 Å². The summed E-state index contributed by atoms with van der Waals surface area (Å²) in [5.74, 6) is 0. The molecular weight excluding hydrogens is 98.1 g/mol. The topological polar surface area (TPSA) is 12.4 Å². The lowest BCUT2D eigenvalue weighted by atomic mass is 10.3. The van der Waals surface area contributed by atoms with E-state index < -0.39 is 0 Å². The highest BCUT2D eigenvalue weighted by Crippen LogP contribution is 2.21. The number of rotatable bonds is 0. The standard InChI is InChI=1S/C7H5N/c1-2-6-4-5-8-7(6)3-1/h1-5H. The van der Waals surface area contributed by atoms with Crippen molar-refractivity contribution < 1.29 is 0 Å². The van der Waals surface area contributed by atoms with Crippen LogP contribution in [0.25, 0.3) is 0 Å². The fourth-order valence-corrected chi connectivity index (χ4v) is 0.881. The van der Waals surface area contributed by atoms with E-state index >= 15 is 0 Å². The SMILES string of the molecule is C1=CC2=CC=NC2=C1. The van der Waals surface area contributed by atoms with Gasteiger partial charge in [-0.3, -0.25) is 4.99 Å². The quantitative estimate of drug-likeness (QED) is 0.440. The van der Waals surface area contributed by atoms with Crippen molar-refractivity contribution in [2.75, 3.05) is 0 Å². The minimum Gasteiger partial charge on any atom is -0.256 e. The maximum atomic E-state index is 4.08. The van der Waals surface area contributed by atoms with Gasteiger partial charge >= 0.3 is 0 Å². The summed E-state index contributed by atoms with van der Waals surface area (Å²) < 4.78 is 0. The molecular formula is C7H5N. The molecule has 0 aromatic rings. The van der Waals surface area contributed by atoms with E-state index in [1.54, 1.807) is 0 Å². The largest absolute Gasteiger partial charge is 0.256 e. The summed E-state index contributed by atoms with van der Waals surface area (Å²) in [5, 5.41) is 0. The molecule has 0 N–H and O–H groups in total. The Hall–Kier alpha value is -1.11. The van der Waals surface area contributed by atoms with Crippen molar-refractivity contribution in [2.45, 2.75) is 0 Å². The number of allylic oxidation sites excluding steroid dienone is 4. The van der Waals surface area contributed by atoms with Crippen LogP contribution in [-0.2, 0) is 0 Å². The van der Waals surface area contributed by atoms with Gasteiger partial charge < -0.3 is 0 Å². The van der Waals surface area contributed by atoms with E-state index in [2.05, 4.69) is 11.1 Å². The highest BCUT2D eigenvalue weighted by atomic mass is 14.8. The second-order valence-electron chi connectivity index (χ2n) is 1.81. The summed E-state index contributed by atoms with van der Waals surface area (Å²) in [5.41, 5.74) is 2.34. The molecule has 0 unspecified atom stereocenters. The Morgan fingerprint density at radius 3 is 3.12 bits per heavy atom. The number of hydrogen-bond donors (Lipinski definition) is 0. The minimum atomic E-state index is 1.10. The first-order chi connectivity index (χ1) is 3.97. The fraction of sp³-hybridized carbons (Fsp3) is 0. The Bertz CT molecular complexity index is 203. The van der Waals surface area contributed by atoms with Gasteiger partial charge in [-0.25, -0.2) is 0 Å². The van der Waals surface area contributed by atoms with E-state index in [1.165, 1.54) is 5.57 Å². The van der Waals surface area contributed by atoms with Crippen LogP contribution in [0.3, 0.4) is 0 Å². The van der Waals surface area contributed by atoms with Crippen LogP contribution in [0.1, 0.15) is 0 Å². The number of aliphatic imine (C=N–C) groups is 1. The predicted molar refractivity (Wildman–Crippen MR) is 33.8 cm³/mol. The van der Waals surface area contributed by atoms with Gasteiger partial charge in [-0.05, 0) is 12.2 Å². The molecule has 0 radical (unpaired) electrons. The van der Waals surface area contributed by atoms with Crippen molar-refractivity contribution in [1.29, 1.82) is 0 Å². The lowest BCUT2D eigenvalue weighted by Crippen LogP contribution is -1.66. The van der Waals surface area contributed by atoms with E-state index in [9.17, 15) is 0 Å². The minimum absolute atomic E-state index is 1.10. The molecule has 1 aliphatic heterocycles. The summed E-state index contributed by atoms with van der Waals surface area (Å²) in [6.07, 6.45) is 9.91. The van der Waals surface area contributed by atoms with Gasteiger partial charge in [0.25, 0.3) is 0 Å². The molecule has 2 aliphatic rings. The second kappa shape index (κ2) is 1.19. The zero-order chi connectivity index (χ0) is 5.40. The maximum Gasteiger partial charge on any atom is 0.0702 e. The molecule has 1 heterocycles. The van der Waals surface area contributed by atoms with Gasteiger partial charge in [0, 0.05) is 11.8 Å². The summed E-state index contributed by atoms with van der Waals surface area (Å²) in [7, 11) is 0. The van der Waals surface area contributed by atoms with Crippen molar-refractivity contribution in [3.63, 3.8) is 0 Å². The molecule has 0 amide bonds. The Labute approximate surface area is 47.7 Å². The van der Waals surface area contributed by atoms with Crippen molar-refractivity contribution in [2.24, 2.45) is 4.99 Å². The lowest BCUT2D eigenvalue weighted by Gasteiger charge is -1.84. The number of fused-ring (bicyclic) bond motifs is 1. The normalized spacial score (nSPS) is 21.0. The molecule has 1 nitrogen and oxygen atoms in total. The van der Waals surface area contributed by atoms with E-state index in [4.69, 9.17) is 0 Å². The molecule has 0 aromatic heterocycles. The molecule has 0 saturated heterocycles. The lowest BCUT2D eigenvalue weighted by molar-refractivity contribution is 1.44. The molecule has 0 bridgehead atoms. The van der Waals surface area contributed by atoms with Crippen molar-refractivity contribution in [3.8, 4) is 0 Å². The smallest absolute Gasteiger partial charge is 0.0702 e. The third-order valence-corrected chi connectivity index (χ3v) is 1.29. The monoisotopic (exact) mass is 103 g/mol. The van der Waals surface area contributed by atoms with Crippen LogP contribution in [0.4, 0.5) is 0 Å². The Kier molecular flexibility index (Phi) is 0.570. The summed E-state index contributed by atoms with van der Waals surface area (Å²) in [4.78, 5) is 4.08. The van der Waals surface area contributed by atoms with Crippen molar-refractivity contribution >= 4 is 6.21 Å². The van der Waals surface area contributed by atoms with Crippen LogP contribution < -0.4 is 0 Å². The van der Waals surface area contributed by atoms with Crippen LogP contribution in [0.5, 0.6) is 0 Å². The van der Waals surface area contributed by atoms with Crippen LogP contribution >= 0.6 is 0 Å².